The quantitative estimate of drug-likeness (QED) is 0.624. The van der Waals surface area contributed by atoms with Crippen LogP contribution in [0, 0.1) is 12.8 Å². The lowest BCUT2D eigenvalue weighted by atomic mass is 9.99. The number of benzene rings is 1. The number of aromatic nitrogens is 2. The highest BCUT2D eigenvalue weighted by atomic mass is 32.2. The van der Waals surface area contributed by atoms with Crippen LogP contribution in [0.5, 0.6) is 0 Å². The van der Waals surface area contributed by atoms with Gasteiger partial charge in [0.25, 0.3) is 0 Å². The van der Waals surface area contributed by atoms with Crippen LogP contribution in [0.25, 0.3) is 0 Å². The van der Waals surface area contributed by atoms with Crippen LogP contribution in [-0.4, -0.2) is 34.7 Å². The normalized spacial score (nSPS) is 15.1. The first-order valence-electron chi connectivity index (χ1n) is 9.12. The number of hydrogen-bond acceptors (Lipinski definition) is 5. The van der Waals surface area contributed by atoms with Gasteiger partial charge >= 0.3 is 0 Å². The molecule has 1 fully saturated rings. The Morgan fingerprint density at radius 1 is 1.23 bits per heavy atom. The van der Waals surface area contributed by atoms with Crippen molar-refractivity contribution >= 4 is 23.5 Å². The van der Waals surface area contributed by atoms with Crippen LogP contribution >= 0.6 is 11.8 Å². The monoisotopic (exact) mass is 370 g/mol. The third-order valence-corrected chi connectivity index (χ3v) is 5.62. The highest BCUT2D eigenvalue weighted by Gasteiger charge is 2.17. The fraction of sp³-hybridized carbons (Fsp3) is 0.450. The molecule has 5 nitrogen and oxygen atoms in total. The van der Waals surface area contributed by atoms with E-state index in [0.29, 0.717) is 12.3 Å². The molecule has 1 aliphatic rings. The maximum Gasteiger partial charge on any atom is 0.230 e. The summed E-state index contributed by atoms with van der Waals surface area (Å²) in [4.78, 5) is 23.1. The van der Waals surface area contributed by atoms with E-state index in [1.165, 1.54) is 30.2 Å². The van der Waals surface area contributed by atoms with Crippen LogP contribution < -0.4 is 10.2 Å². The lowest BCUT2D eigenvalue weighted by Gasteiger charge is -2.31. The van der Waals surface area contributed by atoms with Crippen molar-refractivity contribution in [3.8, 4) is 0 Å². The molecule has 3 rings (SSSR count). The zero-order valence-electron chi connectivity index (χ0n) is 15.4. The first-order valence-corrected chi connectivity index (χ1v) is 10.1. The van der Waals surface area contributed by atoms with E-state index in [2.05, 4.69) is 46.2 Å². The number of piperidine rings is 1. The second kappa shape index (κ2) is 9.03. The molecule has 0 spiro atoms. The summed E-state index contributed by atoms with van der Waals surface area (Å²) in [6.45, 7) is 6.99. The number of carbonyl (C=O) groups excluding carboxylic acids is 1. The van der Waals surface area contributed by atoms with Crippen molar-refractivity contribution < 1.29 is 4.79 Å². The summed E-state index contributed by atoms with van der Waals surface area (Å²) < 4.78 is 0. The Hall–Kier alpha value is -2.08. The standard InChI is InChI=1S/C20H26N4OS/c1-15-3-5-17(6-4-15)12-21-19(25)13-26-20-11-18(22-14-23-20)24-9-7-16(2)8-10-24/h3-6,11,14,16H,7-10,12-13H2,1-2H3,(H,21,25). The summed E-state index contributed by atoms with van der Waals surface area (Å²) in [5.74, 6) is 2.13. The largest absolute Gasteiger partial charge is 0.356 e. The molecule has 1 aromatic heterocycles. The van der Waals surface area contributed by atoms with Crippen molar-refractivity contribution in [2.75, 3.05) is 23.7 Å². The van der Waals surface area contributed by atoms with E-state index in [1.807, 2.05) is 18.2 Å². The van der Waals surface area contributed by atoms with Gasteiger partial charge in [0, 0.05) is 25.7 Å². The summed E-state index contributed by atoms with van der Waals surface area (Å²) in [7, 11) is 0. The van der Waals surface area contributed by atoms with Crippen LogP contribution in [0.2, 0.25) is 0 Å². The van der Waals surface area contributed by atoms with Crippen LogP contribution in [0.3, 0.4) is 0 Å². The molecule has 26 heavy (non-hydrogen) atoms. The molecule has 6 heteroatoms. The minimum Gasteiger partial charge on any atom is -0.356 e. The van der Waals surface area contributed by atoms with Gasteiger partial charge in [-0.3, -0.25) is 4.79 Å². The number of rotatable bonds is 6. The highest BCUT2D eigenvalue weighted by Crippen LogP contribution is 2.24. The predicted octanol–water partition coefficient (Wildman–Crippen LogP) is 3.43. The summed E-state index contributed by atoms with van der Waals surface area (Å²) >= 11 is 1.46. The van der Waals surface area contributed by atoms with E-state index in [4.69, 9.17) is 0 Å². The van der Waals surface area contributed by atoms with Gasteiger partial charge in [-0.15, -0.1) is 0 Å². The van der Waals surface area contributed by atoms with Crippen LogP contribution in [0.4, 0.5) is 5.82 Å². The smallest absolute Gasteiger partial charge is 0.230 e. The van der Waals surface area contributed by atoms with Gasteiger partial charge in [0.15, 0.2) is 0 Å². The van der Waals surface area contributed by atoms with Crippen molar-refractivity contribution in [3.05, 3.63) is 47.8 Å². The number of amides is 1. The average molecular weight is 371 g/mol. The molecule has 1 saturated heterocycles. The Bertz CT molecular complexity index is 727. The predicted molar refractivity (Wildman–Crippen MR) is 106 cm³/mol. The Morgan fingerprint density at radius 2 is 1.96 bits per heavy atom. The molecule has 138 valence electrons. The fourth-order valence-corrected chi connectivity index (χ4v) is 3.61. The SMILES string of the molecule is Cc1ccc(CNC(=O)CSc2cc(N3CCC(C)CC3)ncn2)cc1. The Labute approximate surface area is 159 Å². The minimum atomic E-state index is 0.0162. The van der Waals surface area contributed by atoms with E-state index < -0.39 is 0 Å². The molecule has 0 aliphatic carbocycles. The maximum atomic E-state index is 12.1. The zero-order chi connectivity index (χ0) is 18.4. The van der Waals surface area contributed by atoms with Gasteiger partial charge in [0.2, 0.25) is 5.91 Å². The molecule has 2 aromatic rings. The molecule has 1 aromatic carbocycles. The van der Waals surface area contributed by atoms with Crippen LogP contribution in [-0.2, 0) is 11.3 Å². The van der Waals surface area contributed by atoms with Gasteiger partial charge in [-0.1, -0.05) is 48.5 Å². The molecule has 0 bridgehead atoms. The summed E-state index contributed by atoms with van der Waals surface area (Å²) in [6, 6.07) is 10.2. The Kier molecular flexibility index (Phi) is 6.50. The number of thioether (sulfide) groups is 1. The number of aryl methyl sites for hydroxylation is 1. The summed E-state index contributed by atoms with van der Waals surface area (Å²) in [5.41, 5.74) is 2.33. The first kappa shape index (κ1) is 18.7. The second-order valence-corrected chi connectivity index (χ2v) is 7.93. The third-order valence-electron chi connectivity index (χ3n) is 4.70. The molecule has 1 N–H and O–H groups in total. The Morgan fingerprint density at radius 3 is 2.69 bits per heavy atom. The van der Waals surface area contributed by atoms with Crippen molar-refractivity contribution in [3.63, 3.8) is 0 Å². The highest BCUT2D eigenvalue weighted by molar-refractivity contribution is 7.99. The van der Waals surface area contributed by atoms with E-state index in [-0.39, 0.29) is 5.91 Å². The van der Waals surface area contributed by atoms with Gasteiger partial charge in [-0.25, -0.2) is 9.97 Å². The minimum absolute atomic E-state index is 0.0162. The van der Waals surface area contributed by atoms with Gasteiger partial charge < -0.3 is 10.2 Å². The van der Waals surface area contributed by atoms with Crippen LogP contribution in [0.15, 0.2) is 41.7 Å². The summed E-state index contributed by atoms with van der Waals surface area (Å²) in [6.07, 6.45) is 4.00. The van der Waals surface area contributed by atoms with Crippen molar-refractivity contribution in [2.45, 2.75) is 38.3 Å². The third kappa shape index (κ3) is 5.46. The maximum absolute atomic E-state index is 12.1. The second-order valence-electron chi connectivity index (χ2n) is 6.94. The van der Waals surface area contributed by atoms with E-state index >= 15 is 0 Å². The number of carbonyl (C=O) groups is 1. The van der Waals surface area contributed by atoms with Gasteiger partial charge in [-0.2, -0.15) is 0 Å². The van der Waals surface area contributed by atoms with E-state index in [1.54, 1.807) is 6.33 Å². The average Bonchev–Trinajstić information content (AvgIpc) is 2.67. The van der Waals surface area contributed by atoms with Crippen molar-refractivity contribution in [1.29, 1.82) is 0 Å². The molecular weight excluding hydrogens is 344 g/mol. The van der Waals surface area contributed by atoms with Gasteiger partial charge in [0.05, 0.1) is 5.75 Å². The first-order chi connectivity index (χ1) is 12.6. The molecule has 0 unspecified atom stereocenters. The molecule has 2 heterocycles. The topological polar surface area (TPSA) is 58.1 Å². The van der Waals surface area contributed by atoms with Crippen LogP contribution in [0.1, 0.15) is 30.9 Å². The molecule has 0 saturated carbocycles. The fourth-order valence-electron chi connectivity index (χ4n) is 2.92. The zero-order valence-corrected chi connectivity index (χ0v) is 16.3. The molecule has 1 aliphatic heterocycles. The van der Waals surface area contributed by atoms with Gasteiger partial charge in [-0.05, 0) is 31.2 Å². The number of nitrogens with zero attached hydrogens (tertiary/aromatic N) is 3. The van der Waals surface area contributed by atoms with E-state index in [0.717, 1.165) is 35.4 Å². The Balaban J connectivity index is 1.47. The van der Waals surface area contributed by atoms with Gasteiger partial charge in [0.1, 0.15) is 17.2 Å². The molecule has 0 radical (unpaired) electrons. The molecular formula is C20H26N4OS. The lowest BCUT2D eigenvalue weighted by Crippen LogP contribution is -2.33. The number of anilines is 1. The molecule has 0 atom stereocenters. The van der Waals surface area contributed by atoms with E-state index in [9.17, 15) is 4.79 Å². The molecule has 1 amide bonds. The van der Waals surface area contributed by atoms with Crippen molar-refractivity contribution in [1.82, 2.24) is 15.3 Å². The number of nitrogens with one attached hydrogen (secondary N) is 1. The lowest BCUT2D eigenvalue weighted by molar-refractivity contribution is -0.118. The number of hydrogen-bond donors (Lipinski definition) is 1. The van der Waals surface area contributed by atoms with Crippen molar-refractivity contribution in [2.24, 2.45) is 5.92 Å². The summed E-state index contributed by atoms with van der Waals surface area (Å²) in [5, 5.41) is 3.80.